The summed E-state index contributed by atoms with van der Waals surface area (Å²) in [4.78, 5) is 2.76. The monoisotopic (exact) mass is 291 g/mol. The molecule has 0 radical (unpaired) electrons. The van der Waals surface area contributed by atoms with Crippen molar-refractivity contribution in [3.63, 3.8) is 0 Å². The Bertz CT molecular complexity index is 562. The highest BCUT2D eigenvalue weighted by atomic mass is 32.1. The number of nitrogens with one attached hydrogen (secondary N) is 1. The molecule has 0 amide bonds. The molecule has 0 saturated heterocycles. The number of benzene rings is 1. The van der Waals surface area contributed by atoms with Gasteiger partial charge in [0.15, 0.2) is 0 Å². The summed E-state index contributed by atoms with van der Waals surface area (Å²) in [6, 6.07) is 10.1. The van der Waals surface area contributed by atoms with Crippen molar-refractivity contribution in [1.82, 2.24) is 5.32 Å². The highest BCUT2D eigenvalue weighted by Gasteiger charge is 2.14. The van der Waals surface area contributed by atoms with Crippen LogP contribution in [-0.2, 0) is 12.8 Å². The van der Waals surface area contributed by atoms with Gasteiger partial charge in [-0.25, -0.2) is 4.39 Å². The van der Waals surface area contributed by atoms with E-state index in [1.807, 2.05) is 23.5 Å². The van der Waals surface area contributed by atoms with Crippen molar-refractivity contribution < 1.29 is 4.39 Å². The summed E-state index contributed by atoms with van der Waals surface area (Å²) >= 11 is 1.86. The molecule has 1 nitrogen and oxygen atoms in total. The molecule has 1 aromatic carbocycles. The molecule has 1 unspecified atom stereocenters. The summed E-state index contributed by atoms with van der Waals surface area (Å²) in [7, 11) is 0. The van der Waals surface area contributed by atoms with Crippen LogP contribution in [0.1, 0.15) is 40.8 Å². The van der Waals surface area contributed by atoms with Crippen LogP contribution in [0.5, 0.6) is 0 Å². The second-order valence-corrected chi connectivity index (χ2v) is 6.30. The van der Waals surface area contributed by atoms with E-state index in [1.165, 1.54) is 9.75 Å². The number of likely N-dealkylation sites (N-methyl/N-ethyl adjacent to an activating group) is 1. The van der Waals surface area contributed by atoms with Gasteiger partial charge in [-0.05, 0) is 49.2 Å². The second-order valence-electron chi connectivity index (χ2n) is 5.04. The summed E-state index contributed by atoms with van der Waals surface area (Å²) in [5, 5.41) is 3.46. The van der Waals surface area contributed by atoms with Crippen LogP contribution in [0.4, 0.5) is 4.39 Å². The maximum Gasteiger partial charge on any atom is 0.126 e. The zero-order valence-electron chi connectivity index (χ0n) is 12.4. The lowest BCUT2D eigenvalue weighted by molar-refractivity contribution is 0.544. The lowest BCUT2D eigenvalue weighted by Crippen LogP contribution is -2.22. The summed E-state index contributed by atoms with van der Waals surface area (Å²) in [6.07, 6.45) is 2.00. The van der Waals surface area contributed by atoms with Gasteiger partial charge in [-0.1, -0.05) is 26.0 Å². The van der Waals surface area contributed by atoms with Gasteiger partial charge >= 0.3 is 0 Å². The highest BCUT2D eigenvalue weighted by molar-refractivity contribution is 7.11. The van der Waals surface area contributed by atoms with E-state index in [1.54, 1.807) is 13.0 Å². The fourth-order valence-electron chi connectivity index (χ4n) is 2.30. The third-order valence-corrected chi connectivity index (χ3v) is 4.77. The maximum absolute atomic E-state index is 13.8. The molecule has 1 aromatic heterocycles. The van der Waals surface area contributed by atoms with E-state index >= 15 is 0 Å². The summed E-state index contributed by atoms with van der Waals surface area (Å²) < 4.78 is 13.8. The molecule has 0 aliphatic rings. The molecule has 0 fully saturated rings. The van der Waals surface area contributed by atoms with E-state index in [4.69, 9.17) is 0 Å². The molecular weight excluding hydrogens is 269 g/mol. The van der Waals surface area contributed by atoms with Gasteiger partial charge in [0.2, 0.25) is 0 Å². The number of thiophene rings is 1. The Kier molecular flexibility index (Phi) is 5.32. The van der Waals surface area contributed by atoms with Crippen LogP contribution < -0.4 is 5.32 Å². The zero-order chi connectivity index (χ0) is 14.5. The minimum Gasteiger partial charge on any atom is -0.310 e. The number of halogens is 1. The third-order valence-electron chi connectivity index (χ3n) is 3.52. The molecule has 1 N–H and O–H groups in total. The van der Waals surface area contributed by atoms with Crippen LogP contribution in [-0.4, -0.2) is 6.54 Å². The van der Waals surface area contributed by atoms with E-state index in [0.717, 1.165) is 24.9 Å². The first-order valence-corrected chi connectivity index (χ1v) is 8.02. The molecule has 1 atom stereocenters. The minimum atomic E-state index is -0.120. The molecule has 0 aliphatic heterocycles. The molecule has 0 bridgehead atoms. The lowest BCUT2D eigenvalue weighted by atomic mass is 10.0. The van der Waals surface area contributed by atoms with Crippen molar-refractivity contribution >= 4 is 11.3 Å². The Morgan fingerprint density at radius 2 is 1.90 bits per heavy atom. The van der Waals surface area contributed by atoms with Crippen molar-refractivity contribution in [3.8, 4) is 0 Å². The Labute approximate surface area is 124 Å². The largest absolute Gasteiger partial charge is 0.310 e. The van der Waals surface area contributed by atoms with E-state index in [2.05, 4.69) is 31.3 Å². The third kappa shape index (κ3) is 3.68. The quantitative estimate of drug-likeness (QED) is 0.817. The predicted octanol–water partition coefficient (Wildman–Crippen LogP) is 4.65. The fraction of sp³-hybridized carbons (Fsp3) is 0.412. The molecule has 0 spiro atoms. The molecule has 1 heterocycles. The van der Waals surface area contributed by atoms with E-state index in [9.17, 15) is 4.39 Å². The predicted molar refractivity (Wildman–Crippen MR) is 85.0 cm³/mol. The Morgan fingerprint density at radius 1 is 1.15 bits per heavy atom. The van der Waals surface area contributed by atoms with Crippen LogP contribution in [0.3, 0.4) is 0 Å². The maximum atomic E-state index is 13.8. The standard InChI is InChI=1S/C17H22FNS/c1-4-14-8-9-15(20-14)11-17(19-5-2)13-7-6-12(3)16(18)10-13/h6-10,17,19H,4-5,11H2,1-3H3. The van der Waals surface area contributed by atoms with Gasteiger partial charge in [0, 0.05) is 22.2 Å². The van der Waals surface area contributed by atoms with Crippen molar-refractivity contribution in [3.05, 3.63) is 57.0 Å². The van der Waals surface area contributed by atoms with Crippen LogP contribution in [0.2, 0.25) is 0 Å². The summed E-state index contributed by atoms with van der Waals surface area (Å²) in [6.45, 7) is 6.94. The van der Waals surface area contributed by atoms with Gasteiger partial charge in [-0.3, -0.25) is 0 Å². The molecule has 0 aliphatic carbocycles. The first-order chi connectivity index (χ1) is 9.63. The smallest absolute Gasteiger partial charge is 0.126 e. The van der Waals surface area contributed by atoms with Gasteiger partial charge < -0.3 is 5.32 Å². The van der Waals surface area contributed by atoms with E-state index < -0.39 is 0 Å². The van der Waals surface area contributed by atoms with Gasteiger partial charge in [-0.2, -0.15) is 0 Å². The van der Waals surface area contributed by atoms with Crippen LogP contribution in [0.25, 0.3) is 0 Å². The Hall–Kier alpha value is -1.19. The molecule has 0 saturated carbocycles. The van der Waals surface area contributed by atoms with Gasteiger partial charge in [0.05, 0.1) is 0 Å². The Balaban J connectivity index is 2.19. The lowest BCUT2D eigenvalue weighted by Gasteiger charge is -2.18. The van der Waals surface area contributed by atoms with Crippen LogP contribution >= 0.6 is 11.3 Å². The molecule has 20 heavy (non-hydrogen) atoms. The number of rotatable bonds is 6. The molecule has 2 aromatic rings. The number of aryl methyl sites for hydroxylation is 2. The van der Waals surface area contributed by atoms with Crippen molar-refractivity contribution in [2.75, 3.05) is 6.54 Å². The summed E-state index contributed by atoms with van der Waals surface area (Å²) in [5.41, 5.74) is 1.73. The fourth-order valence-corrected chi connectivity index (χ4v) is 3.31. The molecule has 2 rings (SSSR count). The van der Waals surface area contributed by atoms with Gasteiger partial charge in [-0.15, -0.1) is 11.3 Å². The van der Waals surface area contributed by atoms with E-state index in [-0.39, 0.29) is 11.9 Å². The topological polar surface area (TPSA) is 12.0 Å². The first-order valence-electron chi connectivity index (χ1n) is 7.21. The van der Waals surface area contributed by atoms with Gasteiger partial charge in [0.25, 0.3) is 0 Å². The summed E-state index contributed by atoms with van der Waals surface area (Å²) in [5.74, 6) is -0.120. The molecule has 108 valence electrons. The van der Waals surface area contributed by atoms with Gasteiger partial charge in [0.1, 0.15) is 5.82 Å². The molecule has 3 heteroatoms. The average Bonchev–Trinajstić information content (AvgIpc) is 2.89. The second kappa shape index (κ2) is 7.00. The zero-order valence-corrected chi connectivity index (χ0v) is 13.2. The highest BCUT2D eigenvalue weighted by Crippen LogP contribution is 2.25. The Morgan fingerprint density at radius 3 is 2.50 bits per heavy atom. The normalized spacial score (nSPS) is 12.6. The molecular formula is C17H22FNS. The number of hydrogen-bond donors (Lipinski definition) is 1. The van der Waals surface area contributed by atoms with E-state index in [0.29, 0.717) is 5.56 Å². The van der Waals surface area contributed by atoms with Crippen molar-refractivity contribution in [2.45, 2.75) is 39.7 Å². The van der Waals surface area contributed by atoms with Crippen LogP contribution in [0.15, 0.2) is 30.3 Å². The van der Waals surface area contributed by atoms with Crippen LogP contribution in [0, 0.1) is 12.7 Å². The first kappa shape index (κ1) is 15.2. The average molecular weight is 291 g/mol. The minimum absolute atomic E-state index is 0.120. The SMILES string of the molecule is CCNC(Cc1ccc(CC)s1)c1ccc(C)c(F)c1. The number of hydrogen-bond acceptors (Lipinski definition) is 2. The van der Waals surface area contributed by atoms with Crippen molar-refractivity contribution in [2.24, 2.45) is 0 Å². The van der Waals surface area contributed by atoms with Crippen molar-refractivity contribution in [1.29, 1.82) is 0 Å².